The van der Waals surface area contributed by atoms with Crippen LogP contribution < -0.4 is 11.3 Å². The third-order valence-corrected chi connectivity index (χ3v) is 2.04. The minimum Gasteiger partial charge on any atom is -0.433 e. The molecule has 0 aromatic rings. The fourth-order valence-corrected chi connectivity index (χ4v) is 1.15. The molecule has 0 bridgehead atoms. The zero-order valence-corrected chi connectivity index (χ0v) is 11.6. The Hall–Kier alpha value is -2.05. The van der Waals surface area contributed by atoms with E-state index in [4.69, 9.17) is 10.6 Å². The van der Waals surface area contributed by atoms with Crippen LogP contribution in [0.15, 0.2) is 65.6 Å². The highest BCUT2D eigenvalue weighted by atomic mass is 19.1. The van der Waals surface area contributed by atoms with Gasteiger partial charge >= 0.3 is 0 Å². The van der Waals surface area contributed by atoms with Crippen molar-refractivity contribution in [3.05, 3.63) is 60.6 Å². The summed E-state index contributed by atoms with van der Waals surface area (Å²) in [4.78, 5) is 3.80. The van der Waals surface area contributed by atoms with Crippen LogP contribution in [0.25, 0.3) is 0 Å². The third-order valence-electron chi connectivity index (χ3n) is 2.04. The van der Waals surface area contributed by atoms with Crippen molar-refractivity contribution < 1.29 is 13.5 Å². The van der Waals surface area contributed by atoms with Crippen LogP contribution in [0.5, 0.6) is 0 Å². The molecule has 3 N–H and O–H groups in total. The molecule has 0 amide bonds. The lowest BCUT2D eigenvalue weighted by atomic mass is 10.3. The van der Waals surface area contributed by atoms with E-state index in [1.54, 1.807) is 6.92 Å². The number of allylic oxidation sites excluding steroid dienone is 4. The van der Waals surface area contributed by atoms with Gasteiger partial charge in [-0.3, -0.25) is 11.3 Å². The van der Waals surface area contributed by atoms with E-state index in [0.717, 1.165) is 17.7 Å². The van der Waals surface area contributed by atoms with Gasteiger partial charge in [0.05, 0.1) is 0 Å². The SMILES string of the molecule is C=C/N=C(\C=C(\C)CNN)OC(=C(\F)C=C)/C(F)=C\C. The van der Waals surface area contributed by atoms with Crippen molar-refractivity contribution in [3.63, 3.8) is 0 Å². The highest BCUT2D eigenvalue weighted by Gasteiger charge is 2.14. The van der Waals surface area contributed by atoms with Crippen molar-refractivity contribution in [3.8, 4) is 0 Å². The lowest BCUT2D eigenvalue weighted by molar-refractivity contribution is 0.374. The van der Waals surface area contributed by atoms with Gasteiger partial charge in [0.2, 0.25) is 5.90 Å². The Bertz CT molecular complexity index is 477. The van der Waals surface area contributed by atoms with Crippen molar-refractivity contribution in [2.45, 2.75) is 13.8 Å². The van der Waals surface area contributed by atoms with Gasteiger partial charge < -0.3 is 4.74 Å². The Morgan fingerprint density at radius 2 is 2.05 bits per heavy atom. The number of halogens is 2. The number of aliphatic imine (C=N–C) groups is 1. The molecule has 0 saturated heterocycles. The van der Waals surface area contributed by atoms with Gasteiger partial charge in [0.15, 0.2) is 17.4 Å². The number of nitrogens with two attached hydrogens (primary N) is 1. The molecule has 6 heteroatoms. The molecular weight excluding hydrogens is 264 g/mol. The second-order valence-electron chi connectivity index (χ2n) is 3.64. The summed E-state index contributed by atoms with van der Waals surface area (Å²) in [6, 6.07) is 0. The van der Waals surface area contributed by atoms with E-state index in [-0.39, 0.29) is 5.90 Å². The maximum absolute atomic E-state index is 13.6. The van der Waals surface area contributed by atoms with Gasteiger partial charge in [-0.1, -0.05) is 18.7 Å². The first-order valence-electron chi connectivity index (χ1n) is 5.81. The van der Waals surface area contributed by atoms with Gasteiger partial charge in [0.25, 0.3) is 0 Å². The van der Waals surface area contributed by atoms with Crippen molar-refractivity contribution in [2.24, 2.45) is 10.8 Å². The first-order chi connectivity index (χ1) is 9.49. The standard InChI is InChI=1S/C14H19F2N3O/c1-5-11(15)14(12(16)6-2)20-13(18-7-3)8-10(4)9-19-17/h5-8,19H,1,3,9,17H2,2,4H3/b10-8-,12-6+,14-11-,18-13+. The van der Waals surface area contributed by atoms with Crippen LogP contribution >= 0.6 is 0 Å². The summed E-state index contributed by atoms with van der Waals surface area (Å²) in [5, 5.41) is 0. The number of ether oxygens (including phenoxy) is 1. The van der Waals surface area contributed by atoms with Crippen molar-refractivity contribution >= 4 is 5.90 Å². The van der Waals surface area contributed by atoms with Crippen LogP contribution in [0.3, 0.4) is 0 Å². The molecule has 0 aromatic carbocycles. The Morgan fingerprint density at radius 3 is 2.50 bits per heavy atom. The van der Waals surface area contributed by atoms with Crippen LogP contribution in [0.1, 0.15) is 13.8 Å². The first kappa shape index (κ1) is 17.9. The number of hydrogen-bond donors (Lipinski definition) is 2. The lowest BCUT2D eigenvalue weighted by Gasteiger charge is -2.09. The molecule has 4 nitrogen and oxygen atoms in total. The number of rotatable bonds is 7. The Labute approximate surface area is 117 Å². The molecule has 0 fully saturated rings. The first-order valence-corrected chi connectivity index (χ1v) is 5.81. The zero-order valence-electron chi connectivity index (χ0n) is 11.6. The molecule has 0 unspecified atom stereocenters. The molecule has 0 radical (unpaired) electrons. The van der Waals surface area contributed by atoms with Crippen LogP contribution in [0.4, 0.5) is 8.78 Å². The Balaban J connectivity index is 5.45. The van der Waals surface area contributed by atoms with E-state index >= 15 is 0 Å². The minimum absolute atomic E-state index is 0.0169. The molecule has 0 atom stereocenters. The average Bonchev–Trinajstić information content (AvgIpc) is 2.43. The molecule has 0 aliphatic rings. The van der Waals surface area contributed by atoms with E-state index in [2.05, 4.69) is 23.6 Å². The zero-order chi connectivity index (χ0) is 15.5. The molecule has 0 saturated carbocycles. The normalized spacial score (nSPS) is 14.8. The molecule has 0 heterocycles. The molecule has 0 spiro atoms. The van der Waals surface area contributed by atoms with E-state index < -0.39 is 17.4 Å². The fraction of sp³-hybridized carbons (Fsp3) is 0.214. The summed E-state index contributed by atoms with van der Waals surface area (Å²) in [5.41, 5.74) is 3.20. The highest BCUT2D eigenvalue weighted by Crippen LogP contribution is 2.20. The van der Waals surface area contributed by atoms with E-state index in [9.17, 15) is 8.78 Å². The summed E-state index contributed by atoms with van der Waals surface area (Å²) in [6.45, 7) is 10.2. The molecule has 0 aliphatic heterocycles. The second kappa shape index (κ2) is 9.82. The summed E-state index contributed by atoms with van der Waals surface area (Å²) < 4.78 is 32.3. The summed E-state index contributed by atoms with van der Waals surface area (Å²) in [5.74, 6) is 2.78. The van der Waals surface area contributed by atoms with Gasteiger partial charge in [-0.2, -0.15) is 0 Å². The quantitative estimate of drug-likeness (QED) is 0.188. The molecule has 110 valence electrons. The third kappa shape index (κ3) is 6.21. The van der Waals surface area contributed by atoms with E-state index in [1.807, 2.05) is 0 Å². The van der Waals surface area contributed by atoms with Crippen molar-refractivity contribution in [1.82, 2.24) is 5.43 Å². The summed E-state index contributed by atoms with van der Waals surface area (Å²) in [6.07, 6.45) is 4.61. The maximum Gasteiger partial charge on any atom is 0.219 e. The smallest absolute Gasteiger partial charge is 0.219 e. The number of hydrazine groups is 1. The fourth-order valence-electron chi connectivity index (χ4n) is 1.15. The van der Waals surface area contributed by atoms with Gasteiger partial charge in [-0.25, -0.2) is 13.8 Å². The lowest BCUT2D eigenvalue weighted by Crippen LogP contribution is -2.24. The van der Waals surface area contributed by atoms with Gasteiger partial charge in [-0.15, -0.1) is 0 Å². The van der Waals surface area contributed by atoms with Crippen LogP contribution in [-0.2, 0) is 4.74 Å². The van der Waals surface area contributed by atoms with Crippen LogP contribution in [-0.4, -0.2) is 12.4 Å². The number of nitrogens with one attached hydrogen (secondary N) is 1. The van der Waals surface area contributed by atoms with E-state index in [0.29, 0.717) is 6.54 Å². The van der Waals surface area contributed by atoms with Gasteiger partial charge in [-0.05, 0) is 26.0 Å². The maximum atomic E-state index is 13.6. The molecule has 0 aromatic heterocycles. The summed E-state index contributed by atoms with van der Waals surface area (Å²) >= 11 is 0. The van der Waals surface area contributed by atoms with Gasteiger partial charge in [0, 0.05) is 18.8 Å². The molecule has 0 aliphatic carbocycles. The topological polar surface area (TPSA) is 59.6 Å². The monoisotopic (exact) mass is 283 g/mol. The highest BCUT2D eigenvalue weighted by molar-refractivity contribution is 5.89. The molecule has 0 rings (SSSR count). The minimum atomic E-state index is -0.930. The summed E-state index contributed by atoms with van der Waals surface area (Å²) in [7, 11) is 0. The van der Waals surface area contributed by atoms with Crippen molar-refractivity contribution in [1.29, 1.82) is 0 Å². The number of hydrogen-bond acceptors (Lipinski definition) is 4. The Kier molecular flexibility index (Phi) is 8.82. The molecule has 20 heavy (non-hydrogen) atoms. The average molecular weight is 283 g/mol. The van der Waals surface area contributed by atoms with Crippen LogP contribution in [0, 0.1) is 0 Å². The number of nitrogens with zero attached hydrogens (tertiary/aromatic N) is 1. The van der Waals surface area contributed by atoms with Crippen LogP contribution in [0.2, 0.25) is 0 Å². The predicted octanol–water partition coefficient (Wildman–Crippen LogP) is 3.20. The Morgan fingerprint density at radius 1 is 1.40 bits per heavy atom. The second-order valence-corrected chi connectivity index (χ2v) is 3.64. The van der Waals surface area contributed by atoms with E-state index in [1.165, 1.54) is 19.2 Å². The van der Waals surface area contributed by atoms with Crippen molar-refractivity contribution in [2.75, 3.05) is 6.54 Å². The largest absolute Gasteiger partial charge is 0.433 e. The predicted molar refractivity (Wildman–Crippen MR) is 77.9 cm³/mol. The van der Waals surface area contributed by atoms with Gasteiger partial charge in [0.1, 0.15) is 0 Å². The molecular formula is C14H19F2N3O.